The lowest BCUT2D eigenvalue weighted by molar-refractivity contribution is -0.118. The molecule has 4 rings (SSSR count). The van der Waals surface area contributed by atoms with E-state index in [-0.39, 0.29) is 23.4 Å². The number of aromatic hydroxyl groups is 1. The zero-order valence-electron chi connectivity index (χ0n) is 14.9. The molecule has 1 aliphatic heterocycles. The van der Waals surface area contributed by atoms with Crippen LogP contribution in [-0.4, -0.2) is 39.0 Å². The fraction of sp³-hybridized carbons (Fsp3) is 0.190. The summed E-state index contributed by atoms with van der Waals surface area (Å²) >= 11 is 5.92. The summed E-state index contributed by atoms with van der Waals surface area (Å²) in [6.45, 7) is 0.983. The fourth-order valence-corrected chi connectivity index (χ4v) is 3.78. The second kappa shape index (κ2) is 7.13. The third-order valence-electron chi connectivity index (χ3n) is 5.08. The molecule has 142 valence electrons. The van der Waals surface area contributed by atoms with Gasteiger partial charge in [-0.2, -0.15) is 0 Å². The Labute approximate surface area is 166 Å². The molecule has 0 spiro atoms. The van der Waals surface area contributed by atoms with E-state index in [4.69, 9.17) is 11.6 Å². The lowest BCUT2D eigenvalue weighted by Crippen LogP contribution is -2.29. The molecule has 2 aromatic carbocycles. The zero-order chi connectivity index (χ0) is 19.8. The summed E-state index contributed by atoms with van der Waals surface area (Å²) in [6, 6.07) is 10.6. The van der Waals surface area contributed by atoms with Gasteiger partial charge in [0, 0.05) is 35.5 Å². The molecule has 7 heteroatoms. The summed E-state index contributed by atoms with van der Waals surface area (Å²) in [5.74, 6) is -1.55. The molecule has 28 heavy (non-hydrogen) atoms. The fourth-order valence-electron chi connectivity index (χ4n) is 3.65. The van der Waals surface area contributed by atoms with Crippen LogP contribution in [0.1, 0.15) is 32.7 Å². The van der Waals surface area contributed by atoms with Crippen LogP contribution in [0, 0.1) is 0 Å². The van der Waals surface area contributed by atoms with Gasteiger partial charge < -0.3 is 15.1 Å². The summed E-state index contributed by atoms with van der Waals surface area (Å²) in [6.07, 6.45) is 1.73. The lowest BCUT2D eigenvalue weighted by atomic mass is 9.93. The van der Waals surface area contributed by atoms with Crippen molar-refractivity contribution in [2.75, 3.05) is 6.54 Å². The first-order valence-corrected chi connectivity index (χ1v) is 9.19. The molecule has 6 nitrogen and oxygen atoms in total. The van der Waals surface area contributed by atoms with Gasteiger partial charge in [0.1, 0.15) is 5.56 Å². The number of amides is 1. The first kappa shape index (κ1) is 18.3. The van der Waals surface area contributed by atoms with Crippen molar-refractivity contribution in [3.05, 3.63) is 69.4 Å². The van der Waals surface area contributed by atoms with Gasteiger partial charge in [0.2, 0.25) is 6.41 Å². The average Bonchev–Trinajstić information content (AvgIpc) is 2.69. The molecule has 1 amide bonds. The highest BCUT2D eigenvalue weighted by Crippen LogP contribution is 2.35. The van der Waals surface area contributed by atoms with Crippen LogP contribution < -0.4 is 0 Å². The Hall–Kier alpha value is -3.12. The third kappa shape index (κ3) is 3.16. The van der Waals surface area contributed by atoms with Gasteiger partial charge in [0.05, 0.1) is 11.2 Å². The Morgan fingerprint density at radius 3 is 2.64 bits per heavy atom. The number of fused-ring (bicyclic) bond motifs is 3. The number of hydrogen-bond donors (Lipinski definition) is 2. The molecule has 3 aromatic rings. The predicted octanol–water partition coefficient (Wildman–Crippen LogP) is 3.40. The third-order valence-corrected chi connectivity index (χ3v) is 5.34. The number of pyridine rings is 1. The molecule has 0 unspecified atom stereocenters. The van der Waals surface area contributed by atoms with E-state index in [1.54, 1.807) is 23.1 Å². The summed E-state index contributed by atoms with van der Waals surface area (Å²) in [4.78, 5) is 29.4. The highest BCUT2D eigenvalue weighted by atomic mass is 35.5. The maximum absolute atomic E-state index is 11.9. The molecular weight excluding hydrogens is 380 g/mol. The van der Waals surface area contributed by atoms with Crippen molar-refractivity contribution in [2.24, 2.45) is 0 Å². The summed E-state index contributed by atoms with van der Waals surface area (Å²) in [7, 11) is 0. The zero-order valence-corrected chi connectivity index (χ0v) is 15.6. The van der Waals surface area contributed by atoms with E-state index in [0.29, 0.717) is 35.4 Å². The van der Waals surface area contributed by atoms with E-state index < -0.39 is 5.97 Å². The van der Waals surface area contributed by atoms with Crippen LogP contribution in [0.25, 0.3) is 10.9 Å². The first-order valence-electron chi connectivity index (χ1n) is 8.81. The number of halogens is 1. The number of nitrogens with zero attached hydrogens (tertiary/aromatic N) is 2. The van der Waals surface area contributed by atoms with Crippen molar-refractivity contribution in [3.63, 3.8) is 0 Å². The largest absolute Gasteiger partial charge is 0.505 e. The molecule has 0 aliphatic carbocycles. The van der Waals surface area contributed by atoms with Crippen molar-refractivity contribution >= 4 is 34.9 Å². The van der Waals surface area contributed by atoms with Gasteiger partial charge in [0.25, 0.3) is 0 Å². The quantitative estimate of drug-likeness (QED) is 0.659. The van der Waals surface area contributed by atoms with Crippen LogP contribution in [0.15, 0.2) is 36.4 Å². The molecule has 2 N–H and O–H groups in total. The molecule has 0 radical (unpaired) electrons. The maximum atomic E-state index is 11.9. The van der Waals surface area contributed by atoms with Crippen LogP contribution in [-0.2, 0) is 24.2 Å². The highest BCUT2D eigenvalue weighted by Gasteiger charge is 2.25. The molecule has 0 fully saturated rings. The van der Waals surface area contributed by atoms with E-state index in [2.05, 4.69) is 4.98 Å². The standard InChI is InChI=1S/C21H17ClN2O4/c22-14-4-1-12(2-5-14)9-17-20(26)18(21(27)28)15-6-3-13-7-8-24(11-25)10-16(13)19(15)23-17/h1-6,11,26H,7-10H2,(H,27,28). The Morgan fingerprint density at radius 1 is 1.21 bits per heavy atom. The molecule has 0 bridgehead atoms. The monoisotopic (exact) mass is 396 g/mol. The maximum Gasteiger partial charge on any atom is 0.340 e. The van der Waals surface area contributed by atoms with Crippen LogP contribution in [0.2, 0.25) is 5.02 Å². The van der Waals surface area contributed by atoms with Crippen LogP contribution >= 0.6 is 11.6 Å². The molecule has 1 aromatic heterocycles. The lowest BCUT2D eigenvalue weighted by Gasteiger charge is -2.26. The van der Waals surface area contributed by atoms with Gasteiger partial charge in [-0.3, -0.25) is 4.79 Å². The summed E-state index contributed by atoms with van der Waals surface area (Å²) in [5.41, 5.74) is 3.35. The SMILES string of the molecule is O=CN1CCc2ccc3c(C(=O)O)c(O)c(Cc4ccc(Cl)cc4)nc3c2C1. The van der Waals surface area contributed by atoms with Crippen molar-refractivity contribution in [3.8, 4) is 5.75 Å². The van der Waals surface area contributed by atoms with E-state index in [1.807, 2.05) is 18.2 Å². The van der Waals surface area contributed by atoms with E-state index in [0.717, 1.165) is 23.1 Å². The minimum atomic E-state index is -1.22. The minimum Gasteiger partial charge on any atom is -0.505 e. The minimum absolute atomic E-state index is 0.167. The van der Waals surface area contributed by atoms with Crippen LogP contribution in [0.5, 0.6) is 5.75 Å². The number of hydrogen-bond acceptors (Lipinski definition) is 4. The van der Waals surface area contributed by atoms with Gasteiger partial charge in [-0.1, -0.05) is 35.9 Å². The molecule has 2 heterocycles. The number of aromatic nitrogens is 1. The topological polar surface area (TPSA) is 90.7 Å². The number of carbonyl (C=O) groups excluding carboxylic acids is 1. The van der Waals surface area contributed by atoms with E-state index in [1.165, 1.54) is 0 Å². The summed E-state index contributed by atoms with van der Waals surface area (Å²) in [5, 5.41) is 21.3. The molecule has 0 saturated heterocycles. The second-order valence-corrected chi connectivity index (χ2v) is 7.25. The molecule has 1 aliphatic rings. The van der Waals surface area contributed by atoms with Crippen LogP contribution in [0.3, 0.4) is 0 Å². The second-order valence-electron chi connectivity index (χ2n) is 6.82. The van der Waals surface area contributed by atoms with E-state index in [9.17, 15) is 19.8 Å². The number of aromatic carboxylic acids is 1. The highest BCUT2D eigenvalue weighted by molar-refractivity contribution is 6.30. The molecule has 0 atom stereocenters. The van der Waals surface area contributed by atoms with E-state index >= 15 is 0 Å². The average molecular weight is 397 g/mol. The van der Waals surface area contributed by atoms with Gasteiger partial charge in [-0.15, -0.1) is 0 Å². The van der Waals surface area contributed by atoms with Crippen LogP contribution in [0.4, 0.5) is 0 Å². The first-order chi connectivity index (χ1) is 13.5. The number of benzene rings is 2. The number of carbonyl (C=O) groups is 2. The molecular formula is C21H17ClN2O4. The Kier molecular flexibility index (Phi) is 4.65. The smallest absolute Gasteiger partial charge is 0.340 e. The van der Waals surface area contributed by atoms with Gasteiger partial charge in [-0.05, 0) is 29.7 Å². The van der Waals surface area contributed by atoms with Crippen molar-refractivity contribution in [1.29, 1.82) is 0 Å². The predicted molar refractivity (Wildman–Crippen MR) is 105 cm³/mol. The normalized spacial score (nSPS) is 13.4. The van der Waals surface area contributed by atoms with Crippen molar-refractivity contribution in [2.45, 2.75) is 19.4 Å². The Bertz CT molecular complexity index is 1100. The number of carboxylic acid groups (broad SMARTS) is 1. The van der Waals surface area contributed by atoms with Crippen molar-refractivity contribution < 1.29 is 19.8 Å². The number of carboxylic acids is 1. The van der Waals surface area contributed by atoms with Gasteiger partial charge >= 0.3 is 5.97 Å². The van der Waals surface area contributed by atoms with Gasteiger partial charge in [-0.25, -0.2) is 9.78 Å². The molecule has 0 saturated carbocycles. The van der Waals surface area contributed by atoms with Crippen molar-refractivity contribution in [1.82, 2.24) is 9.88 Å². The Balaban J connectivity index is 1.92. The van der Waals surface area contributed by atoms with Gasteiger partial charge in [0.15, 0.2) is 5.75 Å². The summed E-state index contributed by atoms with van der Waals surface area (Å²) < 4.78 is 0. The Morgan fingerprint density at radius 2 is 1.96 bits per heavy atom. The number of rotatable bonds is 4.